The molecule has 5 nitrogen and oxygen atoms in total. The zero-order valence-corrected chi connectivity index (χ0v) is 11.9. The van der Waals surface area contributed by atoms with E-state index in [2.05, 4.69) is 28.1 Å². The van der Waals surface area contributed by atoms with Gasteiger partial charge in [-0.1, -0.05) is 18.1 Å². The zero-order chi connectivity index (χ0) is 14.0. The number of pyridine rings is 1. The highest BCUT2D eigenvalue weighted by molar-refractivity contribution is 5.54. The molecule has 0 aliphatic rings. The Morgan fingerprint density at radius 1 is 1.37 bits per heavy atom. The van der Waals surface area contributed by atoms with Crippen molar-refractivity contribution in [3.8, 4) is 11.5 Å². The van der Waals surface area contributed by atoms with E-state index in [1.165, 1.54) is 0 Å². The molecule has 0 radical (unpaired) electrons. The monoisotopic (exact) mass is 260 g/mol. The summed E-state index contributed by atoms with van der Waals surface area (Å²) in [6.45, 7) is 8.57. The van der Waals surface area contributed by atoms with Gasteiger partial charge >= 0.3 is 0 Å². The van der Waals surface area contributed by atoms with E-state index in [1.54, 1.807) is 6.20 Å². The van der Waals surface area contributed by atoms with Crippen LogP contribution >= 0.6 is 0 Å². The lowest BCUT2D eigenvalue weighted by Gasteiger charge is -2.20. The Kier molecular flexibility index (Phi) is 3.66. The van der Waals surface area contributed by atoms with Gasteiger partial charge in [-0.05, 0) is 38.3 Å². The van der Waals surface area contributed by atoms with Crippen molar-refractivity contribution < 1.29 is 4.52 Å². The Labute approximate surface area is 113 Å². The summed E-state index contributed by atoms with van der Waals surface area (Å²) in [4.78, 5) is 8.84. The van der Waals surface area contributed by atoms with Crippen LogP contribution in [0.15, 0.2) is 16.8 Å². The molecular formula is C14H20N4O. The van der Waals surface area contributed by atoms with Crippen LogP contribution in [-0.2, 0) is 5.41 Å². The molecule has 0 saturated carbocycles. The molecule has 102 valence electrons. The lowest BCUT2D eigenvalue weighted by molar-refractivity contribution is 0.291. The largest absolute Gasteiger partial charge is 0.338 e. The predicted molar refractivity (Wildman–Crippen MR) is 73.7 cm³/mol. The average Bonchev–Trinajstić information content (AvgIpc) is 2.88. The maximum atomic E-state index is 5.80. The van der Waals surface area contributed by atoms with E-state index in [-0.39, 0.29) is 5.41 Å². The molecule has 19 heavy (non-hydrogen) atoms. The summed E-state index contributed by atoms with van der Waals surface area (Å²) in [5.41, 5.74) is 8.45. The van der Waals surface area contributed by atoms with Gasteiger partial charge < -0.3 is 10.3 Å². The van der Waals surface area contributed by atoms with Crippen molar-refractivity contribution in [2.24, 2.45) is 5.73 Å². The predicted octanol–water partition coefficient (Wildman–Crippen LogP) is 2.37. The third-order valence-corrected chi connectivity index (χ3v) is 3.60. The second-order valence-corrected chi connectivity index (χ2v) is 5.22. The minimum Gasteiger partial charge on any atom is -0.338 e. The van der Waals surface area contributed by atoms with Gasteiger partial charge in [-0.25, -0.2) is 0 Å². The van der Waals surface area contributed by atoms with Crippen LogP contribution in [0.1, 0.15) is 37.3 Å². The fourth-order valence-electron chi connectivity index (χ4n) is 1.90. The van der Waals surface area contributed by atoms with E-state index < -0.39 is 0 Å². The molecule has 2 N–H and O–H groups in total. The third kappa shape index (κ3) is 2.51. The molecule has 0 spiro atoms. The van der Waals surface area contributed by atoms with Crippen molar-refractivity contribution in [3.05, 3.63) is 29.3 Å². The Morgan fingerprint density at radius 3 is 2.68 bits per heavy atom. The smallest absolute Gasteiger partial charge is 0.234 e. The first-order chi connectivity index (χ1) is 9.00. The molecule has 1 atom stereocenters. The average molecular weight is 260 g/mol. The minimum absolute atomic E-state index is 0.274. The minimum atomic E-state index is -0.274. The second-order valence-electron chi connectivity index (χ2n) is 5.22. The van der Waals surface area contributed by atoms with Gasteiger partial charge in [0.1, 0.15) is 5.69 Å². The highest BCUT2D eigenvalue weighted by atomic mass is 16.5. The van der Waals surface area contributed by atoms with Gasteiger partial charge in [0.05, 0.1) is 5.41 Å². The fourth-order valence-corrected chi connectivity index (χ4v) is 1.90. The maximum Gasteiger partial charge on any atom is 0.234 e. The highest BCUT2D eigenvalue weighted by Gasteiger charge is 2.30. The van der Waals surface area contributed by atoms with Crippen LogP contribution in [0, 0.1) is 13.8 Å². The summed E-state index contributed by atoms with van der Waals surface area (Å²) in [6.07, 6.45) is 2.66. The van der Waals surface area contributed by atoms with E-state index in [9.17, 15) is 0 Å². The van der Waals surface area contributed by atoms with E-state index >= 15 is 0 Å². The van der Waals surface area contributed by atoms with Crippen molar-refractivity contribution in [1.29, 1.82) is 0 Å². The SMILES string of the molecule is CCC(C)(CN)c1nc(-c2ncc(C)cc2C)no1. The molecule has 0 amide bonds. The normalized spacial score (nSPS) is 14.4. The molecule has 0 bridgehead atoms. The lowest BCUT2D eigenvalue weighted by atomic mass is 9.88. The molecule has 0 aromatic carbocycles. The van der Waals surface area contributed by atoms with E-state index in [4.69, 9.17) is 10.3 Å². The molecule has 2 rings (SSSR count). The molecule has 2 aromatic heterocycles. The number of rotatable bonds is 4. The van der Waals surface area contributed by atoms with Gasteiger partial charge in [0, 0.05) is 12.7 Å². The van der Waals surface area contributed by atoms with Gasteiger partial charge in [-0.2, -0.15) is 4.98 Å². The summed E-state index contributed by atoms with van der Waals surface area (Å²) >= 11 is 0. The lowest BCUT2D eigenvalue weighted by Crippen LogP contribution is -2.31. The molecular weight excluding hydrogens is 240 g/mol. The van der Waals surface area contributed by atoms with Crippen LogP contribution in [0.4, 0.5) is 0 Å². The van der Waals surface area contributed by atoms with Crippen LogP contribution in [0.5, 0.6) is 0 Å². The molecule has 2 heterocycles. The maximum absolute atomic E-state index is 5.80. The number of nitrogens with zero attached hydrogens (tertiary/aromatic N) is 3. The van der Waals surface area contributed by atoms with Crippen LogP contribution in [-0.4, -0.2) is 21.7 Å². The van der Waals surface area contributed by atoms with Gasteiger partial charge in [-0.3, -0.25) is 4.98 Å². The van der Waals surface area contributed by atoms with Crippen LogP contribution in [0.3, 0.4) is 0 Å². The first-order valence-electron chi connectivity index (χ1n) is 6.48. The van der Waals surface area contributed by atoms with Gasteiger partial charge in [0.15, 0.2) is 0 Å². The van der Waals surface area contributed by atoms with E-state index in [0.717, 1.165) is 23.2 Å². The van der Waals surface area contributed by atoms with Crippen molar-refractivity contribution >= 4 is 0 Å². The quantitative estimate of drug-likeness (QED) is 0.913. The topological polar surface area (TPSA) is 77.8 Å². The molecule has 1 unspecified atom stereocenters. The van der Waals surface area contributed by atoms with E-state index in [1.807, 2.05) is 20.8 Å². The molecule has 0 aliphatic carbocycles. The highest BCUT2D eigenvalue weighted by Crippen LogP contribution is 2.27. The molecule has 0 saturated heterocycles. The Morgan fingerprint density at radius 2 is 2.11 bits per heavy atom. The van der Waals surface area contributed by atoms with Gasteiger partial charge in [-0.15, -0.1) is 0 Å². The van der Waals surface area contributed by atoms with E-state index in [0.29, 0.717) is 18.3 Å². The number of aromatic nitrogens is 3. The first-order valence-corrected chi connectivity index (χ1v) is 6.48. The summed E-state index contributed by atoms with van der Waals surface area (Å²) < 4.78 is 5.37. The Bertz CT molecular complexity index is 573. The van der Waals surface area contributed by atoms with Crippen LogP contribution < -0.4 is 5.73 Å². The van der Waals surface area contributed by atoms with Gasteiger partial charge in [0.2, 0.25) is 11.7 Å². The van der Waals surface area contributed by atoms with Crippen LogP contribution in [0.25, 0.3) is 11.5 Å². The summed E-state index contributed by atoms with van der Waals surface area (Å²) in [7, 11) is 0. The zero-order valence-electron chi connectivity index (χ0n) is 11.9. The summed E-state index contributed by atoms with van der Waals surface area (Å²) in [5.74, 6) is 1.11. The number of hydrogen-bond donors (Lipinski definition) is 1. The van der Waals surface area contributed by atoms with Crippen molar-refractivity contribution in [1.82, 2.24) is 15.1 Å². The Balaban J connectivity index is 2.41. The molecule has 5 heteroatoms. The number of hydrogen-bond acceptors (Lipinski definition) is 5. The first kappa shape index (κ1) is 13.7. The van der Waals surface area contributed by atoms with Crippen molar-refractivity contribution in [3.63, 3.8) is 0 Å². The molecule has 0 fully saturated rings. The molecule has 0 aliphatic heterocycles. The second kappa shape index (κ2) is 5.09. The summed E-state index contributed by atoms with van der Waals surface area (Å²) in [5, 5.41) is 4.03. The standard InChI is InChI=1S/C14H20N4O/c1-5-14(4,8-15)13-17-12(18-19-13)11-10(3)6-9(2)7-16-11/h6-7H,5,8,15H2,1-4H3. The molecule has 2 aromatic rings. The summed E-state index contributed by atoms with van der Waals surface area (Å²) in [6, 6.07) is 2.06. The van der Waals surface area contributed by atoms with Crippen molar-refractivity contribution in [2.45, 2.75) is 39.5 Å². The third-order valence-electron chi connectivity index (χ3n) is 3.60. The number of nitrogens with two attached hydrogens (primary N) is 1. The Hall–Kier alpha value is -1.75. The van der Waals surface area contributed by atoms with Crippen molar-refractivity contribution in [2.75, 3.05) is 6.54 Å². The van der Waals surface area contributed by atoms with Gasteiger partial charge in [0.25, 0.3) is 0 Å². The number of aryl methyl sites for hydroxylation is 2. The van der Waals surface area contributed by atoms with Crippen LogP contribution in [0.2, 0.25) is 0 Å². The fraction of sp³-hybridized carbons (Fsp3) is 0.500.